The van der Waals surface area contributed by atoms with Crippen LogP contribution >= 0.6 is 0 Å². The Morgan fingerprint density at radius 3 is 2.60 bits per heavy atom. The minimum absolute atomic E-state index is 0.0263. The summed E-state index contributed by atoms with van der Waals surface area (Å²) in [4.78, 5) is 13.9. The molecule has 0 N–H and O–H groups in total. The molecule has 1 aromatic heterocycles. The molecular weight excluding hydrogens is 190 g/mol. The third kappa shape index (κ3) is 2.22. The maximum absolute atomic E-state index is 12.0. The van der Waals surface area contributed by atoms with Gasteiger partial charge in [0, 0.05) is 13.1 Å². The molecule has 3 nitrogen and oxygen atoms in total. The molecule has 0 spiro atoms. The van der Waals surface area contributed by atoms with Gasteiger partial charge in [-0.25, -0.2) is 0 Å². The zero-order valence-electron chi connectivity index (χ0n) is 9.27. The fourth-order valence-corrected chi connectivity index (χ4v) is 2.38. The molecule has 0 aliphatic carbocycles. The third-order valence-corrected chi connectivity index (χ3v) is 2.89. The van der Waals surface area contributed by atoms with E-state index >= 15 is 0 Å². The molecule has 3 heteroatoms. The summed E-state index contributed by atoms with van der Waals surface area (Å²) in [6, 6.07) is 3.48. The molecule has 1 amide bonds. The molecule has 0 radical (unpaired) electrons. The van der Waals surface area contributed by atoms with E-state index in [1.165, 1.54) is 6.42 Å². The molecule has 2 atom stereocenters. The molecule has 1 fully saturated rings. The van der Waals surface area contributed by atoms with E-state index < -0.39 is 0 Å². The molecule has 1 aromatic rings. The summed E-state index contributed by atoms with van der Waals surface area (Å²) < 4.78 is 5.13. The Bertz CT molecular complexity index is 321. The van der Waals surface area contributed by atoms with Gasteiger partial charge < -0.3 is 9.32 Å². The van der Waals surface area contributed by atoms with Crippen LogP contribution in [0.2, 0.25) is 0 Å². The van der Waals surface area contributed by atoms with Gasteiger partial charge in [0.15, 0.2) is 5.76 Å². The standard InChI is InChI=1S/C12H17NO2/c1-9-6-10(2)8-13(7-9)12(14)11-4-3-5-15-11/h3-5,9-10H,6-8H2,1-2H3/t9-,10+. The van der Waals surface area contributed by atoms with Crippen molar-refractivity contribution in [3.05, 3.63) is 24.2 Å². The summed E-state index contributed by atoms with van der Waals surface area (Å²) >= 11 is 0. The lowest BCUT2D eigenvalue weighted by Gasteiger charge is -2.34. The lowest BCUT2D eigenvalue weighted by atomic mass is 9.92. The van der Waals surface area contributed by atoms with Crippen LogP contribution in [-0.4, -0.2) is 23.9 Å². The number of amides is 1. The van der Waals surface area contributed by atoms with Gasteiger partial charge in [-0.2, -0.15) is 0 Å². The fraction of sp³-hybridized carbons (Fsp3) is 0.583. The average Bonchev–Trinajstić information content (AvgIpc) is 2.67. The third-order valence-electron chi connectivity index (χ3n) is 2.89. The SMILES string of the molecule is C[C@@H]1C[C@H](C)CN(C(=O)c2ccco2)C1. The summed E-state index contributed by atoms with van der Waals surface area (Å²) in [5.41, 5.74) is 0. The van der Waals surface area contributed by atoms with Crippen LogP contribution < -0.4 is 0 Å². The number of piperidine rings is 1. The van der Waals surface area contributed by atoms with Crippen molar-refractivity contribution in [3.63, 3.8) is 0 Å². The van der Waals surface area contributed by atoms with Gasteiger partial charge in [0.1, 0.15) is 0 Å². The Kier molecular flexibility index (Phi) is 2.80. The Hall–Kier alpha value is -1.25. The Morgan fingerprint density at radius 1 is 1.40 bits per heavy atom. The van der Waals surface area contributed by atoms with Gasteiger partial charge in [-0.1, -0.05) is 13.8 Å². The summed E-state index contributed by atoms with van der Waals surface area (Å²) in [6.45, 7) is 6.09. The molecule has 15 heavy (non-hydrogen) atoms. The molecule has 1 aliphatic rings. The first kappa shape index (κ1) is 10.3. The first-order chi connectivity index (χ1) is 7.16. The van der Waals surface area contributed by atoms with E-state index in [4.69, 9.17) is 4.42 Å². The van der Waals surface area contributed by atoms with Crippen molar-refractivity contribution >= 4 is 5.91 Å². The van der Waals surface area contributed by atoms with Gasteiger partial charge >= 0.3 is 0 Å². The lowest BCUT2D eigenvalue weighted by Crippen LogP contribution is -2.42. The Labute approximate surface area is 90.1 Å². The number of rotatable bonds is 1. The van der Waals surface area contributed by atoms with Crippen LogP contribution in [0.25, 0.3) is 0 Å². The van der Waals surface area contributed by atoms with E-state index in [1.807, 2.05) is 4.90 Å². The average molecular weight is 207 g/mol. The summed E-state index contributed by atoms with van der Waals surface area (Å²) in [5, 5.41) is 0. The molecule has 0 unspecified atom stereocenters. The highest BCUT2D eigenvalue weighted by Gasteiger charge is 2.27. The van der Waals surface area contributed by atoms with Crippen molar-refractivity contribution in [2.24, 2.45) is 11.8 Å². The zero-order chi connectivity index (χ0) is 10.8. The molecule has 2 rings (SSSR count). The van der Waals surface area contributed by atoms with E-state index in [0.29, 0.717) is 17.6 Å². The molecule has 1 aliphatic heterocycles. The zero-order valence-corrected chi connectivity index (χ0v) is 9.27. The predicted octanol–water partition coefficient (Wildman–Crippen LogP) is 2.40. The maximum Gasteiger partial charge on any atom is 0.289 e. The van der Waals surface area contributed by atoms with Crippen LogP contribution in [0.15, 0.2) is 22.8 Å². The van der Waals surface area contributed by atoms with E-state index in [-0.39, 0.29) is 5.91 Å². The van der Waals surface area contributed by atoms with Crippen LogP contribution in [0.1, 0.15) is 30.8 Å². The van der Waals surface area contributed by atoms with E-state index in [1.54, 1.807) is 18.4 Å². The van der Waals surface area contributed by atoms with Gasteiger partial charge in [0.05, 0.1) is 6.26 Å². The largest absolute Gasteiger partial charge is 0.459 e. The summed E-state index contributed by atoms with van der Waals surface area (Å²) in [6.07, 6.45) is 2.76. The van der Waals surface area contributed by atoms with Gasteiger partial charge in [-0.15, -0.1) is 0 Å². The minimum atomic E-state index is 0.0263. The van der Waals surface area contributed by atoms with Gasteiger partial charge in [-0.05, 0) is 30.4 Å². The highest BCUT2D eigenvalue weighted by Crippen LogP contribution is 2.22. The van der Waals surface area contributed by atoms with E-state index in [0.717, 1.165) is 13.1 Å². The van der Waals surface area contributed by atoms with Gasteiger partial charge in [0.2, 0.25) is 0 Å². The second kappa shape index (κ2) is 4.09. The van der Waals surface area contributed by atoms with Crippen molar-refractivity contribution in [3.8, 4) is 0 Å². The molecule has 0 aromatic carbocycles. The van der Waals surface area contributed by atoms with E-state index in [2.05, 4.69) is 13.8 Å². The quantitative estimate of drug-likeness (QED) is 0.708. The molecular formula is C12H17NO2. The lowest BCUT2D eigenvalue weighted by molar-refractivity contribution is 0.0591. The molecule has 1 saturated heterocycles. The highest BCUT2D eigenvalue weighted by molar-refractivity contribution is 5.91. The number of carbonyl (C=O) groups excluding carboxylic acids is 1. The number of hydrogen-bond acceptors (Lipinski definition) is 2. The first-order valence-corrected chi connectivity index (χ1v) is 5.49. The number of furan rings is 1. The highest BCUT2D eigenvalue weighted by atomic mass is 16.3. The topological polar surface area (TPSA) is 33.5 Å². The van der Waals surface area contributed by atoms with Gasteiger partial charge in [0.25, 0.3) is 5.91 Å². The molecule has 2 heterocycles. The number of nitrogens with zero attached hydrogens (tertiary/aromatic N) is 1. The summed E-state index contributed by atoms with van der Waals surface area (Å²) in [7, 11) is 0. The first-order valence-electron chi connectivity index (χ1n) is 5.49. The second-order valence-electron chi connectivity index (χ2n) is 4.63. The second-order valence-corrected chi connectivity index (χ2v) is 4.63. The van der Waals surface area contributed by atoms with Crippen molar-refractivity contribution < 1.29 is 9.21 Å². The van der Waals surface area contributed by atoms with Crippen molar-refractivity contribution in [2.75, 3.05) is 13.1 Å². The monoisotopic (exact) mass is 207 g/mol. The number of hydrogen-bond donors (Lipinski definition) is 0. The van der Waals surface area contributed by atoms with Crippen molar-refractivity contribution in [1.29, 1.82) is 0 Å². The predicted molar refractivity (Wildman–Crippen MR) is 57.6 cm³/mol. The number of likely N-dealkylation sites (tertiary alicyclic amines) is 1. The van der Waals surface area contributed by atoms with Crippen LogP contribution in [0.4, 0.5) is 0 Å². The Morgan fingerprint density at radius 2 is 2.07 bits per heavy atom. The smallest absolute Gasteiger partial charge is 0.289 e. The van der Waals surface area contributed by atoms with Crippen LogP contribution in [0, 0.1) is 11.8 Å². The molecule has 0 saturated carbocycles. The summed E-state index contributed by atoms with van der Waals surface area (Å²) in [5.74, 6) is 1.66. The van der Waals surface area contributed by atoms with Crippen LogP contribution in [0.5, 0.6) is 0 Å². The molecule has 82 valence electrons. The Balaban J connectivity index is 2.07. The normalized spacial score (nSPS) is 26.7. The van der Waals surface area contributed by atoms with Crippen molar-refractivity contribution in [2.45, 2.75) is 20.3 Å². The van der Waals surface area contributed by atoms with Crippen molar-refractivity contribution in [1.82, 2.24) is 4.90 Å². The van der Waals surface area contributed by atoms with Gasteiger partial charge in [-0.3, -0.25) is 4.79 Å². The van der Waals surface area contributed by atoms with Crippen LogP contribution in [0.3, 0.4) is 0 Å². The fourth-order valence-electron chi connectivity index (χ4n) is 2.38. The van der Waals surface area contributed by atoms with E-state index in [9.17, 15) is 4.79 Å². The minimum Gasteiger partial charge on any atom is -0.459 e. The maximum atomic E-state index is 12.0. The van der Waals surface area contributed by atoms with Crippen LogP contribution in [-0.2, 0) is 0 Å². The number of carbonyl (C=O) groups is 1. The molecule has 0 bridgehead atoms.